The first kappa shape index (κ1) is 23.6. The molecule has 0 aliphatic heterocycles. The molecule has 0 heterocycles. The first-order valence-corrected chi connectivity index (χ1v) is 8.36. The highest BCUT2D eigenvalue weighted by Crippen LogP contribution is 2.06. The summed E-state index contributed by atoms with van der Waals surface area (Å²) in [5, 5.41) is 9.47. The smallest absolute Gasteiger partial charge is 0.251 e. The molecule has 2 unspecified atom stereocenters. The van der Waals surface area contributed by atoms with Gasteiger partial charge in [0.15, 0.2) is 5.96 Å². The third-order valence-corrected chi connectivity index (χ3v) is 3.66. The number of amides is 1. The minimum atomic E-state index is -0.0394. The molecule has 7 heteroatoms. The van der Waals surface area contributed by atoms with Crippen molar-refractivity contribution in [3.8, 4) is 0 Å². The first-order chi connectivity index (χ1) is 11.5. The van der Waals surface area contributed by atoms with Crippen LogP contribution in [-0.2, 0) is 11.3 Å². The second-order valence-electron chi connectivity index (χ2n) is 5.91. The van der Waals surface area contributed by atoms with E-state index in [2.05, 4.69) is 27.9 Å². The lowest BCUT2D eigenvalue weighted by Crippen LogP contribution is -2.43. The maximum absolute atomic E-state index is 12.2. The normalized spacial score (nSPS) is 13.4. The predicted molar refractivity (Wildman–Crippen MR) is 114 cm³/mol. The molecular formula is C18H31IN4O2. The maximum Gasteiger partial charge on any atom is 0.251 e. The average molecular weight is 462 g/mol. The van der Waals surface area contributed by atoms with Crippen LogP contribution in [-0.4, -0.2) is 44.7 Å². The summed E-state index contributed by atoms with van der Waals surface area (Å²) >= 11 is 0. The van der Waals surface area contributed by atoms with Crippen LogP contribution < -0.4 is 16.0 Å². The first-order valence-electron chi connectivity index (χ1n) is 8.36. The van der Waals surface area contributed by atoms with Gasteiger partial charge in [0, 0.05) is 38.3 Å². The predicted octanol–water partition coefficient (Wildman–Crippen LogP) is 2.53. The number of rotatable bonds is 8. The number of carbonyl (C=O) groups excluding carboxylic acids is 1. The molecule has 0 saturated heterocycles. The van der Waals surface area contributed by atoms with E-state index in [9.17, 15) is 4.79 Å². The van der Waals surface area contributed by atoms with E-state index in [0.717, 1.165) is 12.0 Å². The van der Waals surface area contributed by atoms with Gasteiger partial charge in [0.2, 0.25) is 0 Å². The molecule has 0 spiro atoms. The molecule has 3 N–H and O–H groups in total. The van der Waals surface area contributed by atoms with Crippen LogP contribution >= 0.6 is 24.0 Å². The van der Waals surface area contributed by atoms with E-state index in [0.29, 0.717) is 24.7 Å². The fourth-order valence-corrected chi connectivity index (χ4v) is 2.14. The topological polar surface area (TPSA) is 74.8 Å². The van der Waals surface area contributed by atoms with Crippen molar-refractivity contribution >= 4 is 35.8 Å². The van der Waals surface area contributed by atoms with Crippen LogP contribution in [0.5, 0.6) is 0 Å². The molecule has 0 aliphatic rings. The Morgan fingerprint density at radius 3 is 2.56 bits per heavy atom. The minimum absolute atomic E-state index is 0. The van der Waals surface area contributed by atoms with Crippen LogP contribution in [0.25, 0.3) is 0 Å². The molecule has 1 amide bonds. The Labute approximate surface area is 168 Å². The Balaban J connectivity index is 0.00000576. The van der Waals surface area contributed by atoms with Crippen molar-refractivity contribution in [2.45, 2.75) is 45.8 Å². The number of halogens is 1. The zero-order chi connectivity index (χ0) is 17.9. The molecule has 6 nitrogen and oxygen atoms in total. The number of benzene rings is 1. The van der Waals surface area contributed by atoms with Gasteiger partial charge in [-0.2, -0.15) is 0 Å². The van der Waals surface area contributed by atoms with Gasteiger partial charge in [-0.3, -0.25) is 9.79 Å². The van der Waals surface area contributed by atoms with Crippen molar-refractivity contribution in [2.75, 3.05) is 20.8 Å². The lowest BCUT2D eigenvalue weighted by molar-refractivity contribution is 0.0939. The van der Waals surface area contributed by atoms with Crippen molar-refractivity contribution in [2.24, 2.45) is 4.99 Å². The lowest BCUT2D eigenvalue weighted by Gasteiger charge is -2.17. The number of ether oxygens (including phenoxy) is 1. The summed E-state index contributed by atoms with van der Waals surface area (Å²) in [6.07, 6.45) is 0.911. The summed E-state index contributed by atoms with van der Waals surface area (Å²) in [5.74, 6) is 0.663. The van der Waals surface area contributed by atoms with Crippen LogP contribution in [0.1, 0.15) is 43.1 Å². The van der Waals surface area contributed by atoms with Gasteiger partial charge in [-0.25, -0.2) is 0 Å². The Morgan fingerprint density at radius 2 is 1.96 bits per heavy atom. The van der Waals surface area contributed by atoms with Gasteiger partial charge in [0.05, 0.1) is 6.61 Å². The highest BCUT2D eigenvalue weighted by Gasteiger charge is 2.09. The molecular weight excluding hydrogens is 431 g/mol. The highest BCUT2D eigenvalue weighted by molar-refractivity contribution is 14.0. The van der Waals surface area contributed by atoms with E-state index in [4.69, 9.17) is 4.74 Å². The number of guanidine groups is 1. The van der Waals surface area contributed by atoms with Crippen LogP contribution in [0.2, 0.25) is 0 Å². The van der Waals surface area contributed by atoms with E-state index >= 15 is 0 Å². The van der Waals surface area contributed by atoms with Crippen LogP contribution in [0.15, 0.2) is 29.3 Å². The van der Waals surface area contributed by atoms with E-state index in [1.807, 2.05) is 38.1 Å². The van der Waals surface area contributed by atoms with E-state index < -0.39 is 0 Å². The number of methoxy groups -OCH3 is 1. The zero-order valence-electron chi connectivity index (χ0n) is 15.8. The monoisotopic (exact) mass is 462 g/mol. The largest absolute Gasteiger partial charge is 0.383 e. The Bertz CT molecular complexity index is 552. The summed E-state index contributed by atoms with van der Waals surface area (Å²) in [4.78, 5) is 16.4. The van der Waals surface area contributed by atoms with Gasteiger partial charge >= 0.3 is 0 Å². The van der Waals surface area contributed by atoms with Crippen molar-refractivity contribution in [1.82, 2.24) is 16.0 Å². The molecule has 1 aromatic rings. The quantitative estimate of drug-likeness (QED) is 0.316. The number of hydrogen-bond donors (Lipinski definition) is 3. The van der Waals surface area contributed by atoms with Gasteiger partial charge in [-0.1, -0.05) is 19.1 Å². The second kappa shape index (κ2) is 12.9. The number of nitrogens with one attached hydrogen (secondary N) is 3. The molecule has 0 aliphatic carbocycles. The van der Waals surface area contributed by atoms with E-state index in [1.54, 1.807) is 14.2 Å². The van der Waals surface area contributed by atoms with Gasteiger partial charge in [-0.05, 0) is 38.0 Å². The Kier molecular flexibility index (Phi) is 12.2. The fraction of sp³-hybridized carbons (Fsp3) is 0.556. The maximum atomic E-state index is 12.2. The SMILES string of the molecule is CCC(C)NC(=O)c1cccc(CNC(=NC)NC(C)COC)c1.I. The van der Waals surface area contributed by atoms with Crippen LogP contribution in [0, 0.1) is 0 Å². The lowest BCUT2D eigenvalue weighted by atomic mass is 10.1. The molecule has 0 radical (unpaired) electrons. The molecule has 0 saturated carbocycles. The molecule has 2 atom stereocenters. The van der Waals surface area contributed by atoms with Crippen molar-refractivity contribution in [3.05, 3.63) is 35.4 Å². The summed E-state index contributed by atoms with van der Waals surface area (Å²) in [5.41, 5.74) is 1.69. The summed E-state index contributed by atoms with van der Waals surface area (Å²) in [7, 11) is 3.40. The van der Waals surface area contributed by atoms with Crippen molar-refractivity contribution in [3.63, 3.8) is 0 Å². The van der Waals surface area contributed by atoms with Crippen LogP contribution in [0.3, 0.4) is 0 Å². The van der Waals surface area contributed by atoms with E-state index in [-0.39, 0.29) is 42.0 Å². The Morgan fingerprint density at radius 1 is 1.24 bits per heavy atom. The average Bonchev–Trinajstić information content (AvgIpc) is 2.58. The highest BCUT2D eigenvalue weighted by atomic mass is 127. The molecule has 0 fully saturated rings. The standard InChI is InChI=1S/C18H30N4O2.HI/c1-6-13(2)21-17(23)16-9-7-8-15(10-16)11-20-18(19-4)22-14(3)12-24-5;/h7-10,13-14H,6,11-12H2,1-5H3,(H,21,23)(H2,19,20,22);1H. The number of aliphatic imine (C=N–C) groups is 1. The minimum Gasteiger partial charge on any atom is -0.383 e. The van der Waals surface area contributed by atoms with Gasteiger partial charge in [0.25, 0.3) is 5.91 Å². The van der Waals surface area contributed by atoms with Crippen molar-refractivity contribution < 1.29 is 9.53 Å². The van der Waals surface area contributed by atoms with Gasteiger partial charge in [-0.15, -0.1) is 24.0 Å². The third-order valence-electron chi connectivity index (χ3n) is 3.66. The zero-order valence-corrected chi connectivity index (χ0v) is 18.1. The molecule has 1 aromatic carbocycles. The molecule has 25 heavy (non-hydrogen) atoms. The van der Waals surface area contributed by atoms with E-state index in [1.165, 1.54) is 0 Å². The number of carbonyl (C=O) groups is 1. The van der Waals surface area contributed by atoms with Gasteiger partial charge < -0.3 is 20.7 Å². The second-order valence-corrected chi connectivity index (χ2v) is 5.91. The van der Waals surface area contributed by atoms with Crippen LogP contribution in [0.4, 0.5) is 0 Å². The molecule has 1 rings (SSSR count). The molecule has 142 valence electrons. The number of nitrogens with zero attached hydrogens (tertiary/aromatic N) is 1. The summed E-state index contributed by atoms with van der Waals surface area (Å²) in [6.45, 7) is 7.26. The van der Waals surface area contributed by atoms with Crippen molar-refractivity contribution in [1.29, 1.82) is 0 Å². The number of hydrogen-bond acceptors (Lipinski definition) is 3. The molecule has 0 aromatic heterocycles. The Hall–Kier alpha value is -1.35. The third kappa shape index (κ3) is 9.06. The summed E-state index contributed by atoms with van der Waals surface area (Å²) in [6, 6.07) is 7.94. The fourth-order valence-electron chi connectivity index (χ4n) is 2.14. The van der Waals surface area contributed by atoms with Gasteiger partial charge in [0.1, 0.15) is 0 Å². The summed E-state index contributed by atoms with van der Waals surface area (Å²) < 4.78 is 5.10. The molecule has 0 bridgehead atoms.